The second-order valence-corrected chi connectivity index (χ2v) is 6.05. The molecule has 0 bridgehead atoms. The van der Waals surface area contributed by atoms with Gasteiger partial charge >= 0.3 is 0 Å². The van der Waals surface area contributed by atoms with Crippen molar-refractivity contribution in [1.29, 1.82) is 0 Å². The van der Waals surface area contributed by atoms with Crippen molar-refractivity contribution < 1.29 is 14.6 Å². The van der Waals surface area contributed by atoms with E-state index >= 15 is 0 Å². The number of carbonyl (C=O) groups excluding carboxylic acids is 1. The standard InChI is InChI=1S/C14H14ClNO3S/c1-16(8-10-4-6-13(15)20-10)14(18)11-5-3-9(19-2)7-12(11)17/h3-7,17H,8H2,1-2H3. The van der Waals surface area contributed by atoms with Crippen molar-refractivity contribution >= 4 is 28.8 Å². The van der Waals surface area contributed by atoms with Crippen LogP contribution in [0.25, 0.3) is 0 Å². The zero-order valence-corrected chi connectivity index (χ0v) is 12.7. The molecule has 2 aromatic rings. The number of hydrogen-bond donors (Lipinski definition) is 1. The number of thiophene rings is 1. The van der Waals surface area contributed by atoms with E-state index in [1.165, 1.54) is 29.4 Å². The van der Waals surface area contributed by atoms with Crippen LogP contribution in [0.5, 0.6) is 11.5 Å². The molecule has 2 rings (SSSR count). The van der Waals surface area contributed by atoms with E-state index in [-0.39, 0.29) is 17.2 Å². The summed E-state index contributed by atoms with van der Waals surface area (Å²) in [5.41, 5.74) is 0.246. The first-order valence-corrected chi connectivity index (χ1v) is 7.07. The predicted molar refractivity (Wildman–Crippen MR) is 79.8 cm³/mol. The van der Waals surface area contributed by atoms with Gasteiger partial charge in [-0.2, -0.15) is 0 Å². The molecule has 1 heterocycles. The minimum Gasteiger partial charge on any atom is -0.507 e. The second kappa shape index (κ2) is 6.15. The summed E-state index contributed by atoms with van der Waals surface area (Å²) < 4.78 is 5.68. The quantitative estimate of drug-likeness (QED) is 0.941. The van der Waals surface area contributed by atoms with Gasteiger partial charge in [0.05, 0.1) is 23.6 Å². The maximum atomic E-state index is 12.3. The van der Waals surface area contributed by atoms with Crippen LogP contribution >= 0.6 is 22.9 Å². The van der Waals surface area contributed by atoms with E-state index in [2.05, 4.69) is 0 Å². The minimum atomic E-state index is -0.255. The lowest BCUT2D eigenvalue weighted by Crippen LogP contribution is -2.25. The van der Waals surface area contributed by atoms with Crippen LogP contribution in [-0.4, -0.2) is 30.1 Å². The van der Waals surface area contributed by atoms with Gasteiger partial charge in [-0.05, 0) is 24.3 Å². The monoisotopic (exact) mass is 311 g/mol. The molecule has 0 spiro atoms. The summed E-state index contributed by atoms with van der Waals surface area (Å²) in [7, 11) is 3.18. The van der Waals surface area contributed by atoms with E-state index in [0.29, 0.717) is 16.6 Å². The van der Waals surface area contributed by atoms with Gasteiger partial charge in [0, 0.05) is 18.0 Å². The molecule has 0 atom stereocenters. The summed E-state index contributed by atoms with van der Waals surface area (Å²) in [6.07, 6.45) is 0. The van der Waals surface area contributed by atoms with E-state index in [4.69, 9.17) is 16.3 Å². The number of carbonyl (C=O) groups is 1. The third-order valence-electron chi connectivity index (χ3n) is 2.80. The number of benzene rings is 1. The molecular formula is C14H14ClNO3S. The Labute approximate surface area is 126 Å². The third-order valence-corrected chi connectivity index (χ3v) is 4.02. The number of hydrogen-bond acceptors (Lipinski definition) is 4. The topological polar surface area (TPSA) is 49.8 Å². The minimum absolute atomic E-state index is 0.0922. The van der Waals surface area contributed by atoms with Crippen molar-refractivity contribution in [3.05, 3.63) is 45.1 Å². The highest BCUT2D eigenvalue weighted by Crippen LogP contribution is 2.26. The Morgan fingerprint density at radius 1 is 1.40 bits per heavy atom. The maximum absolute atomic E-state index is 12.3. The first-order valence-electron chi connectivity index (χ1n) is 5.88. The van der Waals surface area contributed by atoms with Crippen molar-refractivity contribution in [2.45, 2.75) is 6.54 Å². The number of methoxy groups -OCH3 is 1. The Kier molecular flexibility index (Phi) is 4.52. The molecule has 0 aliphatic carbocycles. The molecule has 1 aromatic heterocycles. The van der Waals surface area contributed by atoms with E-state index in [1.807, 2.05) is 6.07 Å². The number of ether oxygens (including phenoxy) is 1. The van der Waals surface area contributed by atoms with Crippen LogP contribution in [0.4, 0.5) is 0 Å². The van der Waals surface area contributed by atoms with Crippen molar-refractivity contribution in [2.24, 2.45) is 0 Å². The van der Waals surface area contributed by atoms with Crippen molar-refractivity contribution in [1.82, 2.24) is 4.90 Å². The number of phenolic OH excluding ortho intramolecular Hbond substituents is 1. The molecule has 0 radical (unpaired) electrons. The fourth-order valence-corrected chi connectivity index (χ4v) is 2.91. The fraction of sp³-hybridized carbons (Fsp3) is 0.214. The van der Waals surface area contributed by atoms with Crippen LogP contribution in [0.15, 0.2) is 30.3 Å². The third kappa shape index (κ3) is 3.23. The average Bonchev–Trinajstić information content (AvgIpc) is 2.83. The molecule has 0 fully saturated rings. The molecule has 1 aromatic carbocycles. The highest BCUT2D eigenvalue weighted by Gasteiger charge is 2.17. The van der Waals surface area contributed by atoms with Crippen molar-refractivity contribution in [3.63, 3.8) is 0 Å². The number of rotatable bonds is 4. The first-order chi connectivity index (χ1) is 9.51. The molecule has 0 saturated heterocycles. The predicted octanol–water partition coefficient (Wildman–Crippen LogP) is 3.39. The SMILES string of the molecule is COc1ccc(C(=O)N(C)Cc2ccc(Cl)s2)c(O)c1. The Morgan fingerprint density at radius 2 is 2.15 bits per heavy atom. The lowest BCUT2D eigenvalue weighted by molar-refractivity contribution is 0.0783. The maximum Gasteiger partial charge on any atom is 0.257 e. The van der Waals surface area contributed by atoms with Crippen LogP contribution in [0.1, 0.15) is 15.2 Å². The van der Waals surface area contributed by atoms with Crippen molar-refractivity contribution in [3.8, 4) is 11.5 Å². The average molecular weight is 312 g/mol. The molecule has 1 N–H and O–H groups in total. The van der Waals surface area contributed by atoms with Gasteiger partial charge in [-0.3, -0.25) is 4.79 Å². The summed E-state index contributed by atoms with van der Waals surface area (Å²) in [4.78, 5) is 14.8. The van der Waals surface area contributed by atoms with Gasteiger partial charge in [0.2, 0.25) is 0 Å². The van der Waals surface area contributed by atoms with Gasteiger partial charge in [0.25, 0.3) is 5.91 Å². The van der Waals surface area contributed by atoms with E-state index in [0.717, 1.165) is 4.88 Å². The first kappa shape index (κ1) is 14.7. The van der Waals surface area contributed by atoms with Crippen LogP contribution in [0.2, 0.25) is 4.34 Å². The molecule has 0 aliphatic rings. The molecule has 6 heteroatoms. The molecule has 106 valence electrons. The number of amides is 1. The molecule has 4 nitrogen and oxygen atoms in total. The van der Waals surface area contributed by atoms with Gasteiger partial charge in [0.1, 0.15) is 11.5 Å². The zero-order chi connectivity index (χ0) is 14.7. The number of phenols is 1. The van der Waals surface area contributed by atoms with Gasteiger partial charge in [-0.15, -0.1) is 11.3 Å². The molecule has 1 amide bonds. The van der Waals surface area contributed by atoms with Crippen LogP contribution < -0.4 is 4.74 Å². The Bertz CT molecular complexity index is 627. The number of nitrogens with zero attached hydrogens (tertiary/aromatic N) is 1. The summed E-state index contributed by atoms with van der Waals surface area (Å²) in [5, 5.41) is 9.87. The molecule has 0 aliphatic heterocycles. The highest BCUT2D eigenvalue weighted by atomic mass is 35.5. The lowest BCUT2D eigenvalue weighted by atomic mass is 10.1. The summed E-state index contributed by atoms with van der Waals surface area (Å²) in [6.45, 7) is 0.446. The molecule has 0 saturated carbocycles. The fourth-order valence-electron chi connectivity index (χ4n) is 1.77. The highest BCUT2D eigenvalue weighted by molar-refractivity contribution is 7.16. The normalized spacial score (nSPS) is 10.3. The van der Waals surface area contributed by atoms with Crippen LogP contribution in [0.3, 0.4) is 0 Å². The Balaban J connectivity index is 2.14. The molecule has 20 heavy (non-hydrogen) atoms. The lowest BCUT2D eigenvalue weighted by Gasteiger charge is -2.17. The van der Waals surface area contributed by atoms with Gasteiger partial charge in [0.15, 0.2) is 0 Å². The van der Waals surface area contributed by atoms with Crippen molar-refractivity contribution in [2.75, 3.05) is 14.2 Å². The second-order valence-electron chi connectivity index (χ2n) is 4.25. The summed E-state index contributed by atoms with van der Waals surface area (Å²) >= 11 is 7.29. The Morgan fingerprint density at radius 3 is 2.70 bits per heavy atom. The molecule has 0 unspecified atom stereocenters. The summed E-state index contributed by atoms with van der Waals surface area (Å²) in [6, 6.07) is 8.29. The number of halogens is 1. The van der Waals surface area contributed by atoms with Crippen LogP contribution in [-0.2, 0) is 6.54 Å². The zero-order valence-electron chi connectivity index (χ0n) is 11.1. The summed E-state index contributed by atoms with van der Waals surface area (Å²) in [5.74, 6) is 0.159. The smallest absolute Gasteiger partial charge is 0.257 e. The largest absolute Gasteiger partial charge is 0.507 e. The van der Waals surface area contributed by atoms with Gasteiger partial charge in [-0.1, -0.05) is 11.6 Å². The molecular weight excluding hydrogens is 298 g/mol. The van der Waals surface area contributed by atoms with Gasteiger partial charge < -0.3 is 14.7 Å². The van der Waals surface area contributed by atoms with E-state index in [1.54, 1.807) is 25.2 Å². The number of aromatic hydroxyl groups is 1. The Hall–Kier alpha value is -1.72. The van der Waals surface area contributed by atoms with Gasteiger partial charge in [-0.25, -0.2) is 0 Å². The van der Waals surface area contributed by atoms with E-state index < -0.39 is 0 Å². The van der Waals surface area contributed by atoms with E-state index in [9.17, 15) is 9.90 Å². The van der Waals surface area contributed by atoms with Crippen LogP contribution in [0, 0.1) is 0 Å².